The fourth-order valence-corrected chi connectivity index (χ4v) is 5.03. The largest absolute Gasteiger partial charge is 0.497 e. The number of benzene rings is 3. The lowest BCUT2D eigenvalue weighted by atomic mass is 9.83. The average molecular weight is 426 g/mol. The Balaban J connectivity index is 1.71. The highest BCUT2D eigenvalue weighted by atomic mass is 16.6. The zero-order valence-electron chi connectivity index (χ0n) is 17.5. The monoisotopic (exact) mass is 426 g/mol. The molecule has 2 heterocycles. The quantitative estimate of drug-likeness (QED) is 0.339. The summed E-state index contributed by atoms with van der Waals surface area (Å²) in [6, 6.07) is 21.8. The summed E-state index contributed by atoms with van der Waals surface area (Å²) in [5.41, 5.74) is 3.09. The second kappa shape index (κ2) is 7.96. The van der Waals surface area contributed by atoms with E-state index in [0.29, 0.717) is 11.3 Å². The number of ketones is 1. The van der Waals surface area contributed by atoms with E-state index in [2.05, 4.69) is 0 Å². The highest BCUT2D eigenvalue weighted by Gasteiger charge is 2.58. The van der Waals surface area contributed by atoms with Crippen LogP contribution in [0.2, 0.25) is 0 Å². The van der Waals surface area contributed by atoms with Gasteiger partial charge in [0.2, 0.25) is 6.04 Å². The molecule has 6 nitrogen and oxygen atoms in total. The number of hydrogen-bond donors (Lipinski definition) is 0. The molecule has 0 spiro atoms. The number of nitro groups is 1. The van der Waals surface area contributed by atoms with Crippen molar-refractivity contribution in [2.75, 3.05) is 12.0 Å². The topological polar surface area (TPSA) is 72.7 Å². The zero-order chi connectivity index (χ0) is 22.2. The molecule has 1 saturated heterocycles. The van der Waals surface area contributed by atoms with Crippen molar-refractivity contribution < 1.29 is 14.5 Å². The molecule has 0 aromatic heterocycles. The van der Waals surface area contributed by atoms with Crippen LogP contribution in [0.5, 0.6) is 5.75 Å². The van der Waals surface area contributed by atoms with E-state index in [-0.39, 0.29) is 10.7 Å². The molecule has 0 saturated carbocycles. The summed E-state index contributed by atoms with van der Waals surface area (Å²) in [6.45, 7) is 0. The summed E-state index contributed by atoms with van der Waals surface area (Å²) < 4.78 is 5.27. The second-order valence-electron chi connectivity index (χ2n) is 8.07. The van der Waals surface area contributed by atoms with Gasteiger partial charge in [0.15, 0.2) is 5.78 Å². The molecule has 2 aliphatic heterocycles. The molecule has 0 bridgehead atoms. The van der Waals surface area contributed by atoms with Crippen molar-refractivity contribution in [2.24, 2.45) is 0 Å². The van der Waals surface area contributed by atoms with Gasteiger partial charge in [0.1, 0.15) is 17.8 Å². The Bertz CT molecular complexity index is 1190. The van der Waals surface area contributed by atoms with Gasteiger partial charge in [-0.2, -0.15) is 0 Å². The number of anilines is 1. The van der Waals surface area contributed by atoms with Gasteiger partial charge in [0, 0.05) is 16.2 Å². The maximum Gasteiger partial charge on any atom is 0.245 e. The molecule has 0 radical (unpaired) electrons. The van der Waals surface area contributed by atoms with Crippen LogP contribution in [0.25, 0.3) is 6.08 Å². The van der Waals surface area contributed by atoms with Gasteiger partial charge in [-0.05, 0) is 29.3 Å². The summed E-state index contributed by atoms with van der Waals surface area (Å²) in [4.78, 5) is 28.0. The number of fused-ring (bicyclic) bond motifs is 3. The van der Waals surface area contributed by atoms with Crippen molar-refractivity contribution in [3.8, 4) is 5.75 Å². The molecule has 0 aliphatic carbocycles. The van der Waals surface area contributed by atoms with Gasteiger partial charge in [-0.25, -0.2) is 0 Å². The third kappa shape index (κ3) is 3.15. The Morgan fingerprint density at radius 1 is 0.969 bits per heavy atom. The Kier molecular flexibility index (Phi) is 4.98. The minimum absolute atomic E-state index is 0.120. The number of nitrogens with zero attached hydrogens (tertiary/aromatic N) is 2. The van der Waals surface area contributed by atoms with Crippen molar-refractivity contribution in [3.05, 3.63) is 112 Å². The summed E-state index contributed by atoms with van der Waals surface area (Å²) in [6.07, 6.45) is 3.79. The smallest absolute Gasteiger partial charge is 0.245 e. The van der Waals surface area contributed by atoms with Crippen molar-refractivity contribution in [1.29, 1.82) is 0 Å². The summed E-state index contributed by atoms with van der Waals surface area (Å²) in [5, 5.41) is 12.4. The van der Waals surface area contributed by atoms with Crippen LogP contribution in [-0.2, 0) is 0 Å². The molecule has 4 atom stereocenters. The number of carbonyl (C=O) groups is 1. The van der Waals surface area contributed by atoms with E-state index < -0.39 is 24.0 Å². The maximum absolute atomic E-state index is 13.9. The normalized spacial score (nSPS) is 23.3. The van der Waals surface area contributed by atoms with Crippen molar-refractivity contribution in [2.45, 2.75) is 24.0 Å². The molecule has 3 aromatic rings. The first-order valence-corrected chi connectivity index (χ1v) is 10.5. The summed E-state index contributed by atoms with van der Waals surface area (Å²) >= 11 is 0. The van der Waals surface area contributed by atoms with Gasteiger partial charge < -0.3 is 9.64 Å². The lowest BCUT2D eigenvalue weighted by molar-refractivity contribution is -0.524. The predicted molar refractivity (Wildman–Crippen MR) is 123 cm³/mol. The summed E-state index contributed by atoms with van der Waals surface area (Å²) in [7, 11) is 1.58. The first kappa shape index (κ1) is 20.0. The molecule has 160 valence electrons. The van der Waals surface area contributed by atoms with Gasteiger partial charge in [-0.3, -0.25) is 14.9 Å². The van der Waals surface area contributed by atoms with Gasteiger partial charge in [-0.15, -0.1) is 0 Å². The number of methoxy groups -OCH3 is 1. The molecule has 0 unspecified atom stereocenters. The molecule has 3 aromatic carbocycles. The number of rotatable bonds is 5. The van der Waals surface area contributed by atoms with Gasteiger partial charge in [-0.1, -0.05) is 72.8 Å². The third-order valence-corrected chi connectivity index (χ3v) is 6.44. The van der Waals surface area contributed by atoms with Crippen molar-refractivity contribution >= 4 is 17.5 Å². The first-order chi connectivity index (χ1) is 15.6. The number of hydrogen-bond acceptors (Lipinski definition) is 5. The molecule has 5 rings (SSSR count). The van der Waals surface area contributed by atoms with E-state index in [0.717, 1.165) is 16.8 Å². The van der Waals surface area contributed by atoms with Crippen molar-refractivity contribution in [3.63, 3.8) is 0 Å². The van der Waals surface area contributed by atoms with E-state index in [1.54, 1.807) is 31.4 Å². The van der Waals surface area contributed by atoms with Crippen LogP contribution in [-0.4, -0.2) is 35.9 Å². The zero-order valence-corrected chi connectivity index (χ0v) is 17.5. The van der Waals surface area contributed by atoms with E-state index >= 15 is 0 Å². The molecule has 6 heteroatoms. The Morgan fingerprint density at radius 2 is 1.66 bits per heavy atom. The fourth-order valence-electron chi connectivity index (χ4n) is 5.03. The number of para-hydroxylation sites is 1. The number of ether oxygens (including phenoxy) is 1. The second-order valence-corrected chi connectivity index (χ2v) is 8.07. The standard InChI is InChI=1S/C26H22N2O4/c1-32-20-14-11-18(12-15-20)23-24(28(30)31)22-16-13-17-7-5-6-10-21(17)27(22)25(23)26(29)19-8-3-2-4-9-19/h2-16,22-25H,1H3/t22-,23+,24-,25-/m0/s1. The van der Waals surface area contributed by atoms with E-state index in [9.17, 15) is 14.9 Å². The SMILES string of the molecule is COc1ccc([C@@H]2[C@@H]([N+](=O)[O-])[C@@H]3C=Cc4ccccc4N3[C@@H]2C(=O)c2ccccc2)cc1. The van der Waals surface area contributed by atoms with Crippen LogP contribution >= 0.6 is 0 Å². The lowest BCUT2D eigenvalue weighted by Crippen LogP contribution is -2.44. The van der Waals surface area contributed by atoms with Crippen LogP contribution in [0.3, 0.4) is 0 Å². The Labute approximate surface area is 185 Å². The number of carbonyl (C=O) groups excluding carboxylic acids is 1. The van der Waals surface area contributed by atoms with Crippen LogP contribution in [0.15, 0.2) is 84.9 Å². The highest BCUT2D eigenvalue weighted by molar-refractivity contribution is 6.04. The third-order valence-electron chi connectivity index (χ3n) is 6.44. The van der Waals surface area contributed by atoms with Crippen molar-refractivity contribution in [1.82, 2.24) is 0 Å². The van der Waals surface area contributed by atoms with Crippen LogP contribution in [0, 0.1) is 10.1 Å². The van der Waals surface area contributed by atoms with Gasteiger partial charge >= 0.3 is 0 Å². The molecule has 2 aliphatic rings. The molecule has 1 fully saturated rings. The maximum atomic E-state index is 13.9. The summed E-state index contributed by atoms with van der Waals surface area (Å²) in [5.74, 6) is -0.0754. The van der Waals surface area contributed by atoms with E-state index in [1.807, 2.05) is 71.6 Å². The minimum atomic E-state index is -0.967. The van der Waals surface area contributed by atoms with E-state index in [1.165, 1.54) is 0 Å². The Hall–Kier alpha value is -3.93. The molecule has 0 N–H and O–H groups in total. The highest BCUT2D eigenvalue weighted by Crippen LogP contribution is 2.47. The predicted octanol–water partition coefficient (Wildman–Crippen LogP) is 4.59. The Morgan fingerprint density at radius 3 is 2.34 bits per heavy atom. The van der Waals surface area contributed by atoms with Crippen LogP contribution in [0.1, 0.15) is 27.4 Å². The molecular formula is C26H22N2O4. The minimum Gasteiger partial charge on any atom is -0.497 e. The first-order valence-electron chi connectivity index (χ1n) is 10.5. The van der Waals surface area contributed by atoms with E-state index in [4.69, 9.17) is 4.74 Å². The molecule has 0 amide bonds. The van der Waals surface area contributed by atoms with Crippen LogP contribution < -0.4 is 9.64 Å². The van der Waals surface area contributed by atoms with Gasteiger partial charge in [0.05, 0.1) is 13.0 Å². The van der Waals surface area contributed by atoms with Gasteiger partial charge in [0.25, 0.3) is 0 Å². The number of Topliss-reactive ketones (excluding diaryl/α,β-unsaturated/α-hetero) is 1. The molecule has 32 heavy (non-hydrogen) atoms. The average Bonchev–Trinajstić information content (AvgIpc) is 3.20. The fraction of sp³-hybridized carbons (Fsp3) is 0.192. The molecular weight excluding hydrogens is 404 g/mol. The lowest BCUT2D eigenvalue weighted by Gasteiger charge is -2.34. The van der Waals surface area contributed by atoms with Crippen LogP contribution in [0.4, 0.5) is 5.69 Å².